The Labute approximate surface area is 102 Å². The molecule has 3 heteroatoms. The summed E-state index contributed by atoms with van der Waals surface area (Å²) in [5.74, 6) is 0.172. The van der Waals surface area contributed by atoms with Crippen LogP contribution in [0.25, 0.3) is 0 Å². The summed E-state index contributed by atoms with van der Waals surface area (Å²) in [6.07, 6.45) is 2.46. The van der Waals surface area contributed by atoms with Gasteiger partial charge in [-0.1, -0.05) is 24.3 Å². The molecule has 1 heterocycles. The minimum atomic E-state index is -0.635. The average molecular weight is 234 g/mol. The number of hydrogen-bond donors (Lipinski definition) is 0. The molecule has 0 spiro atoms. The van der Waals surface area contributed by atoms with Crippen LogP contribution in [0.2, 0.25) is 0 Å². The van der Waals surface area contributed by atoms with Crippen LogP contribution in [-0.2, 0) is 9.47 Å². The standard InChI is InChI=1S/C14H18O3/c1-3-10-15-12(2)14(9-11-16-14)17-13-7-5-4-6-8-13/h3-8,12H,1,9-11H2,2H3. The van der Waals surface area contributed by atoms with Crippen molar-refractivity contribution < 1.29 is 14.2 Å². The van der Waals surface area contributed by atoms with E-state index >= 15 is 0 Å². The number of rotatable bonds is 6. The molecule has 1 aliphatic rings. The van der Waals surface area contributed by atoms with E-state index < -0.39 is 5.79 Å². The number of ether oxygens (including phenoxy) is 3. The molecule has 1 saturated heterocycles. The van der Waals surface area contributed by atoms with Gasteiger partial charge in [0, 0.05) is 6.42 Å². The molecule has 0 bridgehead atoms. The van der Waals surface area contributed by atoms with Crippen molar-refractivity contribution in [1.82, 2.24) is 0 Å². The van der Waals surface area contributed by atoms with Gasteiger partial charge in [-0.2, -0.15) is 0 Å². The van der Waals surface area contributed by atoms with E-state index in [0.29, 0.717) is 13.2 Å². The molecular weight excluding hydrogens is 216 g/mol. The summed E-state index contributed by atoms with van der Waals surface area (Å²) in [7, 11) is 0. The van der Waals surface area contributed by atoms with E-state index in [9.17, 15) is 0 Å². The van der Waals surface area contributed by atoms with Crippen molar-refractivity contribution in [2.75, 3.05) is 13.2 Å². The minimum absolute atomic E-state index is 0.116. The highest BCUT2D eigenvalue weighted by Crippen LogP contribution is 2.34. The molecule has 0 amide bonds. The number of hydrogen-bond acceptors (Lipinski definition) is 3. The fourth-order valence-corrected chi connectivity index (χ4v) is 1.81. The lowest BCUT2D eigenvalue weighted by Crippen LogP contribution is -2.57. The van der Waals surface area contributed by atoms with E-state index in [1.165, 1.54) is 0 Å². The van der Waals surface area contributed by atoms with Gasteiger partial charge in [0.25, 0.3) is 0 Å². The Morgan fingerprint density at radius 3 is 2.71 bits per heavy atom. The van der Waals surface area contributed by atoms with Gasteiger partial charge < -0.3 is 14.2 Å². The fourth-order valence-electron chi connectivity index (χ4n) is 1.81. The molecule has 92 valence electrons. The van der Waals surface area contributed by atoms with Gasteiger partial charge in [-0.25, -0.2) is 0 Å². The highest BCUT2D eigenvalue weighted by atomic mass is 16.7. The number of para-hydroxylation sites is 1. The lowest BCUT2D eigenvalue weighted by atomic mass is 10.0. The molecule has 1 aliphatic heterocycles. The smallest absolute Gasteiger partial charge is 0.238 e. The zero-order chi connectivity index (χ0) is 12.1. The molecule has 3 nitrogen and oxygen atoms in total. The SMILES string of the molecule is C=CCOC(C)C1(Oc2ccccc2)CCO1. The van der Waals surface area contributed by atoms with Crippen molar-refractivity contribution in [3.63, 3.8) is 0 Å². The monoisotopic (exact) mass is 234 g/mol. The molecule has 2 unspecified atom stereocenters. The van der Waals surface area contributed by atoms with E-state index in [0.717, 1.165) is 12.2 Å². The second-order valence-corrected chi connectivity index (χ2v) is 4.09. The maximum atomic E-state index is 5.92. The van der Waals surface area contributed by atoms with E-state index in [-0.39, 0.29) is 6.10 Å². The highest BCUT2D eigenvalue weighted by molar-refractivity contribution is 5.22. The maximum Gasteiger partial charge on any atom is 0.238 e. The summed E-state index contributed by atoms with van der Waals surface area (Å²) in [4.78, 5) is 0. The summed E-state index contributed by atoms with van der Waals surface area (Å²) in [5.41, 5.74) is 0. The van der Waals surface area contributed by atoms with E-state index in [1.54, 1.807) is 6.08 Å². The van der Waals surface area contributed by atoms with Crippen LogP contribution in [0.5, 0.6) is 5.75 Å². The van der Waals surface area contributed by atoms with Crippen LogP contribution in [-0.4, -0.2) is 25.1 Å². The first-order chi connectivity index (χ1) is 8.27. The van der Waals surface area contributed by atoms with E-state index in [1.807, 2.05) is 37.3 Å². The fraction of sp³-hybridized carbons (Fsp3) is 0.429. The van der Waals surface area contributed by atoms with Crippen molar-refractivity contribution in [2.24, 2.45) is 0 Å². The Bertz CT molecular complexity index is 357. The Kier molecular flexibility index (Phi) is 3.82. The molecule has 2 atom stereocenters. The second-order valence-electron chi connectivity index (χ2n) is 4.09. The summed E-state index contributed by atoms with van der Waals surface area (Å²) >= 11 is 0. The van der Waals surface area contributed by atoms with Crippen molar-refractivity contribution >= 4 is 0 Å². The zero-order valence-electron chi connectivity index (χ0n) is 10.1. The lowest BCUT2D eigenvalue weighted by Gasteiger charge is -2.45. The van der Waals surface area contributed by atoms with Crippen LogP contribution in [0.1, 0.15) is 13.3 Å². The van der Waals surface area contributed by atoms with Crippen molar-refractivity contribution in [3.8, 4) is 5.75 Å². The predicted molar refractivity (Wildman–Crippen MR) is 66.0 cm³/mol. The van der Waals surface area contributed by atoms with Crippen LogP contribution in [0, 0.1) is 0 Å². The molecule has 0 aromatic heterocycles. The van der Waals surface area contributed by atoms with Crippen molar-refractivity contribution in [2.45, 2.75) is 25.2 Å². The second kappa shape index (κ2) is 5.34. The summed E-state index contributed by atoms with van der Waals surface area (Å²) < 4.78 is 17.1. The van der Waals surface area contributed by atoms with Crippen LogP contribution < -0.4 is 4.74 Å². The van der Waals surface area contributed by atoms with Crippen LogP contribution in [0.4, 0.5) is 0 Å². The molecule has 0 N–H and O–H groups in total. The van der Waals surface area contributed by atoms with Gasteiger partial charge in [0.2, 0.25) is 5.79 Å². The third-order valence-electron chi connectivity index (χ3n) is 2.91. The Balaban J connectivity index is 2.01. The quantitative estimate of drug-likeness (QED) is 0.708. The summed E-state index contributed by atoms with van der Waals surface area (Å²) in [6.45, 7) is 6.82. The molecule has 2 rings (SSSR count). The van der Waals surface area contributed by atoms with Crippen LogP contribution in [0.15, 0.2) is 43.0 Å². The van der Waals surface area contributed by atoms with Crippen LogP contribution in [0.3, 0.4) is 0 Å². The average Bonchev–Trinajstić information content (AvgIpc) is 2.32. The molecular formula is C14H18O3. The first-order valence-electron chi connectivity index (χ1n) is 5.87. The largest absolute Gasteiger partial charge is 0.459 e. The van der Waals surface area contributed by atoms with Crippen molar-refractivity contribution in [1.29, 1.82) is 0 Å². The molecule has 0 aliphatic carbocycles. The third-order valence-corrected chi connectivity index (χ3v) is 2.91. The van der Waals surface area contributed by atoms with Gasteiger partial charge in [0.05, 0.1) is 13.2 Å². The third kappa shape index (κ3) is 2.68. The Hall–Kier alpha value is -1.32. The van der Waals surface area contributed by atoms with Gasteiger partial charge in [-0.05, 0) is 19.1 Å². The van der Waals surface area contributed by atoms with Gasteiger partial charge >= 0.3 is 0 Å². The molecule has 1 fully saturated rings. The predicted octanol–water partition coefficient (Wildman–Crippen LogP) is 2.77. The molecule has 17 heavy (non-hydrogen) atoms. The van der Waals surface area contributed by atoms with Gasteiger partial charge in [-0.3, -0.25) is 0 Å². The lowest BCUT2D eigenvalue weighted by molar-refractivity contribution is -0.310. The van der Waals surface area contributed by atoms with Gasteiger partial charge in [-0.15, -0.1) is 6.58 Å². The summed E-state index contributed by atoms with van der Waals surface area (Å²) in [6, 6.07) is 9.68. The minimum Gasteiger partial charge on any atom is -0.459 e. The highest BCUT2D eigenvalue weighted by Gasteiger charge is 2.47. The van der Waals surface area contributed by atoms with E-state index in [2.05, 4.69) is 6.58 Å². The first kappa shape index (κ1) is 12.1. The van der Waals surface area contributed by atoms with Gasteiger partial charge in [0.15, 0.2) is 0 Å². The topological polar surface area (TPSA) is 27.7 Å². The van der Waals surface area contributed by atoms with Crippen LogP contribution >= 0.6 is 0 Å². The molecule has 0 saturated carbocycles. The zero-order valence-corrected chi connectivity index (χ0v) is 10.1. The summed E-state index contributed by atoms with van der Waals surface area (Å²) in [5, 5.41) is 0. The van der Waals surface area contributed by atoms with Crippen molar-refractivity contribution in [3.05, 3.63) is 43.0 Å². The van der Waals surface area contributed by atoms with E-state index in [4.69, 9.17) is 14.2 Å². The van der Waals surface area contributed by atoms with Gasteiger partial charge in [0.1, 0.15) is 11.9 Å². The maximum absolute atomic E-state index is 5.92. The Morgan fingerprint density at radius 1 is 1.47 bits per heavy atom. The Morgan fingerprint density at radius 2 is 2.18 bits per heavy atom. The first-order valence-corrected chi connectivity index (χ1v) is 5.87. The molecule has 0 radical (unpaired) electrons. The molecule has 1 aromatic rings. The molecule has 1 aromatic carbocycles. The number of benzene rings is 1. The normalized spacial score (nSPS) is 24.8.